The predicted octanol–water partition coefficient (Wildman–Crippen LogP) is 0.311. The standard InChI is InChI=1S/C13H23N3O4/c1-8-3-4-10(9(2)5-8)16-13(20)15-6-11(17)14-7-12(18)19/h8-10H,3-7H2,1-2H3,(H,14,17)(H,18,19)(H2,15,16,20). The second-order valence-corrected chi connectivity index (χ2v) is 5.50. The number of carboxylic acids is 1. The van der Waals surface area contributed by atoms with Crippen molar-refractivity contribution in [2.24, 2.45) is 11.8 Å². The minimum absolute atomic E-state index is 0.133. The first-order chi connectivity index (χ1) is 9.38. The molecule has 7 heteroatoms. The highest BCUT2D eigenvalue weighted by molar-refractivity contribution is 5.86. The molecular weight excluding hydrogens is 262 g/mol. The molecule has 0 aromatic heterocycles. The fraction of sp³-hybridized carbons (Fsp3) is 0.769. The Morgan fingerprint density at radius 2 is 1.80 bits per heavy atom. The summed E-state index contributed by atoms with van der Waals surface area (Å²) in [5.41, 5.74) is 0. The minimum atomic E-state index is -1.12. The summed E-state index contributed by atoms with van der Waals surface area (Å²) in [5.74, 6) is -0.529. The summed E-state index contributed by atoms with van der Waals surface area (Å²) in [5, 5.41) is 15.9. The Balaban J connectivity index is 2.23. The van der Waals surface area contributed by atoms with Crippen LogP contribution >= 0.6 is 0 Å². The minimum Gasteiger partial charge on any atom is -0.480 e. The molecule has 0 aliphatic heterocycles. The van der Waals surface area contributed by atoms with Crippen LogP contribution < -0.4 is 16.0 Å². The van der Waals surface area contributed by atoms with Gasteiger partial charge in [-0.05, 0) is 31.1 Å². The highest BCUT2D eigenvalue weighted by Gasteiger charge is 2.26. The Morgan fingerprint density at radius 3 is 2.40 bits per heavy atom. The molecule has 3 unspecified atom stereocenters. The third-order valence-corrected chi connectivity index (χ3v) is 3.59. The van der Waals surface area contributed by atoms with Crippen molar-refractivity contribution in [3.05, 3.63) is 0 Å². The number of carboxylic acid groups (broad SMARTS) is 1. The summed E-state index contributed by atoms with van der Waals surface area (Å²) in [7, 11) is 0. The summed E-state index contributed by atoms with van der Waals surface area (Å²) < 4.78 is 0. The van der Waals surface area contributed by atoms with E-state index in [1.165, 1.54) is 0 Å². The highest BCUT2D eigenvalue weighted by atomic mass is 16.4. The quantitative estimate of drug-likeness (QED) is 0.583. The van der Waals surface area contributed by atoms with Crippen LogP contribution in [0.25, 0.3) is 0 Å². The fourth-order valence-electron chi connectivity index (χ4n) is 2.50. The first-order valence-electron chi connectivity index (χ1n) is 6.91. The van der Waals surface area contributed by atoms with E-state index in [-0.39, 0.29) is 18.6 Å². The zero-order valence-corrected chi connectivity index (χ0v) is 11.9. The van der Waals surface area contributed by atoms with Crippen LogP contribution in [0.1, 0.15) is 33.1 Å². The molecule has 1 rings (SSSR count). The van der Waals surface area contributed by atoms with Gasteiger partial charge in [-0.2, -0.15) is 0 Å². The Kier molecular flexibility index (Phi) is 6.27. The van der Waals surface area contributed by atoms with Crippen LogP contribution in [0.5, 0.6) is 0 Å². The summed E-state index contributed by atoms with van der Waals surface area (Å²) in [6.07, 6.45) is 3.12. The van der Waals surface area contributed by atoms with Crippen molar-refractivity contribution >= 4 is 17.9 Å². The summed E-state index contributed by atoms with van der Waals surface area (Å²) in [4.78, 5) is 33.1. The van der Waals surface area contributed by atoms with E-state index in [2.05, 4.69) is 29.8 Å². The van der Waals surface area contributed by atoms with Gasteiger partial charge in [0.2, 0.25) is 5.91 Å². The average molecular weight is 285 g/mol. The molecule has 3 amide bonds. The summed E-state index contributed by atoms with van der Waals surface area (Å²) in [6.45, 7) is 3.65. The molecule has 0 radical (unpaired) electrons. The summed E-state index contributed by atoms with van der Waals surface area (Å²) in [6, 6.07) is -0.254. The third kappa shape index (κ3) is 5.90. The van der Waals surface area contributed by atoms with E-state index in [9.17, 15) is 14.4 Å². The summed E-state index contributed by atoms with van der Waals surface area (Å²) >= 11 is 0. The topological polar surface area (TPSA) is 108 Å². The second kappa shape index (κ2) is 7.72. The molecule has 1 saturated carbocycles. The number of aliphatic carboxylic acids is 1. The van der Waals surface area contributed by atoms with E-state index in [1.807, 2.05) is 0 Å². The lowest BCUT2D eigenvalue weighted by Gasteiger charge is -2.33. The Morgan fingerprint density at radius 1 is 1.10 bits per heavy atom. The van der Waals surface area contributed by atoms with Crippen molar-refractivity contribution in [1.29, 1.82) is 0 Å². The lowest BCUT2D eigenvalue weighted by Crippen LogP contribution is -2.49. The van der Waals surface area contributed by atoms with E-state index in [0.29, 0.717) is 11.8 Å². The van der Waals surface area contributed by atoms with E-state index in [0.717, 1.165) is 19.3 Å². The number of hydrogen-bond donors (Lipinski definition) is 4. The highest BCUT2D eigenvalue weighted by Crippen LogP contribution is 2.28. The van der Waals surface area contributed by atoms with Gasteiger partial charge < -0.3 is 21.1 Å². The maximum atomic E-state index is 11.7. The molecule has 20 heavy (non-hydrogen) atoms. The molecule has 0 saturated heterocycles. The number of nitrogens with one attached hydrogen (secondary N) is 3. The molecule has 0 bridgehead atoms. The van der Waals surface area contributed by atoms with Gasteiger partial charge in [-0.25, -0.2) is 4.79 Å². The Hall–Kier alpha value is -1.79. The second-order valence-electron chi connectivity index (χ2n) is 5.50. The van der Waals surface area contributed by atoms with Crippen LogP contribution in [0.3, 0.4) is 0 Å². The van der Waals surface area contributed by atoms with Crippen molar-refractivity contribution < 1.29 is 19.5 Å². The molecule has 1 aliphatic carbocycles. The largest absolute Gasteiger partial charge is 0.480 e. The van der Waals surface area contributed by atoms with Gasteiger partial charge in [-0.15, -0.1) is 0 Å². The van der Waals surface area contributed by atoms with Gasteiger partial charge in [0.15, 0.2) is 0 Å². The monoisotopic (exact) mass is 285 g/mol. The van der Waals surface area contributed by atoms with E-state index in [4.69, 9.17) is 5.11 Å². The molecule has 7 nitrogen and oxygen atoms in total. The van der Waals surface area contributed by atoms with Crippen LogP contribution in [-0.2, 0) is 9.59 Å². The van der Waals surface area contributed by atoms with E-state index >= 15 is 0 Å². The SMILES string of the molecule is CC1CCC(NC(=O)NCC(=O)NCC(=O)O)C(C)C1. The molecule has 3 atom stereocenters. The molecule has 4 N–H and O–H groups in total. The van der Waals surface area contributed by atoms with Gasteiger partial charge in [0.25, 0.3) is 0 Å². The number of amides is 3. The Labute approximate surface area is 118 Å². The molecule has 0 aromatic rings. The fourth-order valence-corrected chi connectivity index (χ4v) is 2.50. The van der Waals surface area contributed by atoms with Gasteiger partial charge in [0.05, 0.1) is 6.54 Å². The molecule has 1 fully saturated rings. The van der Waals surface area contributed by atoms with Gasteiger partial charge >= 0.3 is 12.0 Å². The van der Waals surface area contributed by atoms with Gasteiger partial charge in [0.1, 0.15) is 6.54 Å². The molecule has 1 aliphatic rings. The van der Waals surface area contributed by atoms with Crippen LogP contribution in [0.15, 0.2) is 0 Å². The van der Waals surface area contributed by atoms with Crippen LogP contribution in [-0.4, -0.2) is 42.1 Å². The molecule has 114 valence electrons. The third-order valence-electron chi connectivity index (χ3n) is 3.59. The average Bonchev–Trinajstić information content (AvgIpc) is 2.37. The van der Waals surface area contributed by atoms with Crippen LogP contribution in [0.2, 0.25) is 0 Å². The van der Waals surface area contributed by atoms with Crippen LogP contribution in [0.4, 0.5) is 4.79 Å². The molecule has 0 heterocycles. The molecule has 0 spiro atoms. The van der Waals surface area contributed by atoms with Crippen molar-refractivity contribution in [1.82, 2.24) is 16.0 Å². The number of carbonyl (C=O) groups excluding carboxylic acids is 2. The van der Waals surface area contributed by atoms with Crippen molar-refractivity contribution in [3.8, 4) is 0 Å². The number of hydrogen-bond acceptors (Lipinski definition) is 3. The Bertz CT molecular complexity index is 373. The van der Waals surface area contributed by atoms with Gasteiger partial charge in [0, 0.05) is 6.04 Å². The van der Waals surface area contributed by atoms with Crippen molar-refractivity contribution in [2.45, 2.75) is 39.2 Å². The first kappa shape index (κ1) is 16.3. The lowest BCUT2D eigenvalue weighted by atomic mass is 9.80. The molecular formula is C13H23N3O4. The number of carbonyl (C=O) groups is 3. The maximum absolute atomic E-state index is 11.7. The van der Waals surface area contributed by atoms with Crippen LogP contribution in [0, 0.1) is 11.8 Å². The zero-order chi connectivity index (χ0) is 15.1. The first-order valence-corrected chi connectivity index (χ1v) is 6.91. The zero-order valence-electron chi connectivity index (χ0n) is 11.9. The van der Waals surface area contributed by atoms with E-state index in [1.54, 1.807) is 0 Å². The van der Waals surface area contributed by atoms with Gasteiger partial charge in [-0.3, -0.25) is 9.59 Å². The van der Waals surface area contributed by atoms with E-state index < -0.39 is 18.4 Å². The normalized spacial score (nSPS) is 25.6. The maximum Gasteiger partial charge on any atom is 0.322 e. The smallest absolute Gasteiger partial charge is 0.322 e. The van der Waals surface area contributed by atoms with Gasteiger partial charge in [-0.1, -0.05) is 13.8 Å². The van der Waals surface area contributed by atoms with Crippen molar-refractivity contribution in [3.63, 3.8) is 0 Å². The lowest BCUT2D eigenvalue weighted by molar-refractivity contribution is -0.137. The molecule has 0 aromatic carbocycles. The number of rotatable bonds is 5. The number of urea groups is 1. The van der Waals surface area contributed by atoms with Crippen molar-refractivity contribution in [2.75, 3.05) is 13.1 Å². The predicted molar refractivity (Wildman–Crippen MR) is 73.1 cm³/mol.